The average Bonchev–Trinajstić information content (AvgIpc) is 2.74. The van der Waals surface area contributed by atoms with E-state index in [1.807, 2.05) is 22.5 Å². The highest BCUT2D eigenvalue weighted by Gasteiger charge is 2.32. The van der Waals surface area contributed by atoms with Gasteiger partial charge in [0.25, 0.3) is 0 Å². The molecule has 2 aliphatic rings. The quantitative estimate of drug-likeness (QED) is 0.410. The molecule has 1 amide bonds. The first-order valence-electron chi connectivity index (χ1n) is 10.3. The van der Waals surface area contributed by atoms with Crippen LogP contribution in [0.3, 0.4) is 0 Å². The van der Waals surface area contributed by atoms with Crippen LogP contribution in [0.25, 0.3) is 0 Å². The second-order valence-electron chi connectivity index (χ2n) is 8.06. The molecule has 3 rings (SSSR count). The zero-order valence-corrected chi connectivity index (χ0v) is 16.9. The molecule has 7 heteroatoms. The number of hydrogen-bond donors (Lipinski definition) is 3. The Bertz CT molecular complexity index is 661. The molecule has 0 spiro atoms. The summed E-state index contributed by atoms with van der Waals surface area (Å²) < 4.78 is 6.05. The molecule has 154 valence electrons. The van der Waals surface area contributed by atoms with Crippen LogP contribution >= 0.6 is 0 Å². The van der Waals surface area contributed by atoms with Crippen molar-refractivity contribution in [1.82, 2.24) is 15.3 Å². The molecule has 1 aromatic carbocycles. The normalized spacial score (nSPS) is 23.5. The van der Waals surface area contributed by atoms with Crippen molar-refractivity contribution in [3.8, 4) is 5.75 Å². The lowest BCUT2D eigenvalue weighted by Crippen LogP contribution is -2.52. The molecule has 3 N–H and O–H groups in total. The van der Waals surface area contributed by atoms with Crippen LogP contribution in [0.4, 0.5) is 0 Å². The molecule has 0 atom stereocenters. The van der Waals surface area contributed by atoms with Gasteiger partial charge in [-0.05, 0) is 63.8 Å². The predicted molar refractivity (Wildman–Crippen MR) is 108 cm³/mol. The van der Waals surface area contributed by atoms with Crippen molar-refractivity contribution >= 4 is 11.7 Å². The van der Waals surface area contributed by atoms with Crippen molar-refractivity contribution in [2.75, 3.05) is 26.2 Å². The van der Waals surface area contributed by atoms with Gasteiger partial charge in [-0.2, -0.15) is 0 Å². The zero-order valence-electron chi connectivity index (χ0n) is 16.9. The Morgan fingerprint density at radius 1 is 1.11 bits per heavy atom. The number of nitrogens with zero attached hydrogens (tertiary/aromatic N) is 2. The molecule has 1 heterocycles. The van der Waals surface area contributed by atoms with Gasteiger partial charge in [0.15, 0.2) is 0 Å². The van der Waals surface area contributed by atoms with E-state index in [1.165, 1.54) is 0 Å². The van der Waals surface area contributed by atoms with Gasteiger partial charge in [-0.25, -0.2) is 0 Å². The van der Waals surface area contributed by atoms with Crippen LogP contribution in [0.2, 0.25) is 0 Å². The van der Waals surface area contributed by atoms with Crippen molar-refractivity contribution in [3.63, 3.8) is 0 Å². The van der Waals surface area contributed by atoms with E-state index in [0.29, 0.717) is 17.5 Å². The smallest absolute Gasteiger partial charge is 0.225 e. The Morgan fingerprint density at radius 3 is 2.25 bits per heavy atom. The second-order valence-corrected chi connectivity index (χ2v) is 8.06. The number of carbonyl (C=O) groups excluding carboxylic acids is 1. The zero-order chi connectivity index (χ0) is 20.1. The Kier molecular flexibility index (Phi) is 6.91. The van der Waals surface area contributed by atoms with Crippen molar-refractivity contribution in [3.05, 3.63) is 29.8 Å². The van der Waals surface area contributed by atoms with E-state index in [-0.39, 0.29) is 17.9 Å². The van der Waals surface area contributed by atoms with Gasteiger partial charge in [-0.1, -0.05) is 0 Å². The van der Waals surface area contributed by atoms with E-state index in [2.05, 4.69) is 18.7 Å². The molecular weight excluding hydrogens is 356 g/mol. The molecule has 1 aliphatic heterocycles. The first kappa shape index (κ1) is 20.6. The van der Waals surface area contributed by atoms with Crippen LogP contribution in [-0.4, -0.2) is 65.1 Å². The van der Waals surface area contributed by atoms with Crippen molar-refractivity contribution in [1.29, 1.82) is 5.41 Å². The van der Waals surface area contributed by atoms with Crippen LogP contribution in [0.15, 0.2) is 24.3 Å². The maximum absolute atomic E-state index is 12.8. The molecular formula is C21H32N4O3. The number of benzene rings is 1. The number of carbonyl (C=O) groups is 1. The molecule has 1 saturated carbocycles. The molecule has 0 aromatic heterocycles. The number of rotatable bonds is 5. The highest BCUT2D eigenvalue weighted by Crippen LogP contribution is 2.29. The lowest BCUT2D eigenvalue weighted by Gasteiger charge is -2.39. The van der Waals surface area contributed by atoms with Crippen LogP contribution in [0, 0.1) is 11.3 Å². The fourth-order valence-electron chi connectivity index (χ4n) is 4.10. The summed E-state index contributed by atoms with van der Waals surface area (Å²) in [5, 5.41) is 16.3. The summed E-state index contributed by atoms with van der Waals surface area (Å²) >= 11 is 0. The van der Waals surface area contributed by atoms with E-state index in [9.17, 15) is 4.79 Å². The fraction of sp³-hybridized carbons (Fsp3) is 0.619. The molecule has 0 radical (unpaired) electrons. The Hall–Kier alpha value is -2.12. The molecule has 0 bridgehead atoms. The first-order chi connectivity index (χ1) is 13.5. The van der Waals surface area contributed by atoms with Gasteiger partial charge in [-0.15, -0.1) is 0 Å². The standard InChI is InChI=1S/C21H32N4O3/c1-15(2)24-11-13-25(14-12-24)21(26)17-5-9-19(10-6-17)28-18-7-3-16(4-8-18)20(22)23-27/h3-4,7-8,15,17,19,27H,5-6,9-14H2,1-2H3,(H2,22,23). The van der Waals surface area contributed by atoms with E-state index < -0.39 is 0 Å². The number of nitrogens with one attached hydrogen (secondary N) is 2. The molecule has 28 heavy (non-hydrogen) atoms. The number of amides is 1. The van der Waals surface area contributed by atoms with Crippen LogP contribution in [0.1, 0.15) is 45.1 Å². The SMILES string of the molecule is CC(C)N1CCN(C(=O)C2CCC(Oc3ccc(C(=N)NO)cc3)CC2)CC1. The Morgan fingerprint density at radius 2 is 1.71 bits per heavy atom. The lowest BCUT2D eigenvalue weighted by molar-refractivity contribution is -0.139. The lowest BCUT2D eigenvalue weighted by atomic mass is 9.86. The van der Waals surface area contributed by atoms with Crippen molar-refractivity contribution in [2.45, 2.75) is 51.7 Å². The third-order valence-electron chi connectivity index (χ3n) is 5.94. The third-order valence-corrected chi connectivity index (χ3v) is 5.94. The minimum atomic E-state index is -0.0419. The topological polar surface area (TPSA) is 88.9 Å². The maximum atomic E-state index is 12.8. The Balaban J connectivity index is 1.44. The van der Waals surface area contributed by atoms with E-state index >= 15 is 0 Å². The number of amidine groups is 1. The fourth-order valence-corrected chi connectivity index (χ4v) is 4.10. The summed E-state index contributed by atoms with van der Waals surface area (Å²) in [5.41, 5.74) is 2.44. The van der Waals surface area contributed by atoms with Crippen LogP contribution < -0.4 is 10.2 Å². The van der Waals surface area contributed by atoms with Gasteiger partial charge < -0.3 is 9.64 Å². The third kappa shape index (κ3) is 5.02. The molecule has 1 saturated heterocycles. The number of hydrogen-bond acceptors (Lipinski definition) is 5. The summed E-state index contributed by atoms with van der Waals surface area (Å²) in [6.07, 6.45) is 3.66. The minimum absolute atomic E-state index is 0.0419. The summed E-state index contributed by atoms with van der Waals surface area (Å²) in [6, 6.07) is 7.66. The highest BCUT2D eigenvalue weighted by atomic mass is 16.5. The molecule has 0 unspecified atom stereocenters. The minimum Gasteiger partial charge on any atom is -0.490 e. The van der Waals surface area contributed by atoms with Gasteiger partial charge in [0.05, 0.1) is 6.10 Å². The monoisotopic (exact) mass is 388 g/mol. The second kappa shape index (κ2) is 9.39. The van der Waals surface area contributed by atoms with E-state index in [0.717, 1.165) is 57.6 Å². The largest absolute Gasteiger partial charge is 0.490 e. The molecule has 2 fully saturated rings. The van der Waals surface area contributed by atoms with Gasteiger partial charge in [0.2, 0.25) is 5.91 Å². The van der Waals surface area contributed by atoms with Gasteiger partial charge in [0, 0.05) is 43.7 Å². The predicted octanol–water partition coefficient (Wildman–Crippen LogP) is 2.48. The number of hydroxylamine groups is 1. The van der Waals surface area contributed by atoms with Gasteiger partial charge in [-0.3, -0.25) is 25.8 Å². The molecule has 7 nitrogen and oxygen atoms in total. The van der Waals surface area contributed by atoms with Crippen molar-refractivity contribution in [2.24, 2.45) is 5.92 Å². The van der Waals surface area contributed by atoms with Gasteiger partial charge in [0.1, 0.15) is 11.6 Å². The number of ether oxygens (including phenoxy) is 1. The van der Waals surface area contributed by atoms with E-state index in [1.54, 1.807) is 12.1 Å². The number of piperazine rings is 1. The van der Waals surface area contributed by atoms with Gasteiger partial charge >= 0.3 is 0 Å². The van der Waals surface area contributed by atoms with Crippen LogP contribution in [-0.2, 0) is 4.79 Å². The molecule has 1 aliphatic carbocycles. The first-order valence-corrected chi connectivity index (χ1v) is 10.3. The summed E-state index contributed by atoms with van der Waals surface area (Å²) in [4.78, 5) is 17.3. The maximum Gasteiger partial charge on any atom is 0.225 e. The molecule has 1 aromatic rings. The average molecular weight is 389 g/mol. The van der Waals surface area contributed by atoms with Crippen molar-refractivity contribution < 1.29 is 14.7 Å². The van der Waals surface area contributed by atoms with E-state index in [4.69, 9.17) is 15.4 Å². The highest BCUT2D eigenvalue weighted by molar-refractivity contribution is 5.95. The summed E-state index contributed by atoms with van der Waals surface area (Å²) in [7, 11) is 0. The van der Waals surface area contributed by atoms with Crippen LogP contribution in [0.5, 0.6) is 5.75 Å². The summed E-state index contributed by atoms with van der Waals surface area (Å²) in [6.45, 7) is 8.05. The summed E-state index contributed by atoms with van der Waals surface area (Å²) in [5.74, 6) is 1.17. The Labute approximate surface area is 167 Å².